The molecule has 0 fully saturated rings. The van der Waals surface area contributed by atoms with Gasteiger partial charge in [-0.25, -0.2) is 0 Å². The Hall–Kier alpha value is -0.610. The summed E-state index contributed by atoms with van der Waals surface area (Å²) in [5.41, 5.74) is -0.397. The lowest BCUT2D eigenvalue weighted by molar-refractivity contribution is -0.121. The maximum Gasteiger partial charge on any atom is 0.234 e. The fourth-order valence-electron chi connectivity index (χ4n) is 1.21. The molecule has 0 aliphatic heterocycles. The summed E-state index contributed by atoms with van der Waals surface area (Å²) in [7, 11) is 0. The molecule has 0 radical (unpaired) electrons. The van der Waals surface area contributed by atoms with Gasteiger partial charge >= 0.3 is 0 Å². The minimum absolute atomic E-state index is 0.0162. The van der Waals surface area contributed by atoms with Crippen molar-refractivity contribution in [2.24, 2.45) is 0 Å². The van der Waals surface area contributed by atoms with Crippen LogP contribution in [0.1, 0.15) is 40.5 Å². The fourth-order valence-corrected chi connectivity index (χ4v) is 1.21. The molecule has 0 aromatic heterocycles. The molecule has 0 bridgehead atoms. The molecule has 0 aliphatic carbocycles. The Balaban J connectivity index is 3.75. The maximum absolute atomic E-state index is 11.4. The molecule has 0 saturated heterocycles. The van der Waals surface area contributed by atoms with Gasteiger partial charge < -0.3 is 15.7 Å². The summed E-state index contributed by atoms with van der Waals surface area (Å²) in [6.07, 6.45) is 2.06. The highest BCUT2D eigenvalue weighted by molar-refractivity contribution is 5.78. The summed E-state index contributed by atoms with van der Waals surface area (Å²) >= 11 is 0. The number of carbonyl (C=O) groups excluding carboxylic acids is 1. The number of rotatable bonds is 7. The van der Waals surface area contributed by atoms with Crippen LogP contribution in [0.3, 0.4) is 0 Å². The van der Waals surface area contributed by atoms with Crippen molar-refractivity contribution in [3.63, 3.8) is 0 Å². The van der Waals surface area contributed by atoms with Gasteiger partial charge in [0.05, 0.1) is 13.2 Å². The molecule has 1 amide bonds. The van der Waals surface area contributed by atoms with E-state index in [0.717, 1.165) is 12.8 Å². The molecular formula is C11H24N2O2. The van der Waals surface area contributed by atoms with Crippen LogP contribution < -0.4 is 10.6 Å². The van der Waals surface area contributed by atoms with Crippen molar-refractivity contribution in [2.75, 3.05) is 13.2 Å². The molecule has 4 heteroatoms. The number of nitrogens with one attached hydrogen (secondary N) is 2. The van der Waals surface area contributed by atoms with Gasteiger partial charge in [-0.05, 0) is 27.2 Å². The van der Waals surface area contributed by atoms with Crippen molar-refractivity contribution >= 4 is 5.91 Å². The average molecular weight is 216 g/mol. The molecule has 1 unspecified atom stereocenters. The zero-order valence-corrected chi connectivity index (χ0v) is 10.3. The summed E-state index contributed by atoms with van der Waals surface area (Å²) in [6, 6.07) is 0.224. The SMILES string of the molecule is CCCC(C)NC(=O)CNC(C)(C)CO. The lowest BCUT2D eigenvalue weighted by atomic mass is 10.1. The van der Waals surface area contributed by atoms with E-state index in [1.807, 2.05) is 20.8 Å². The Labute approximate surface area is 92.4 Å². The largest absolute Gasteiger partial charge is 0.394 e. The van der Waals surface area contributed by atoms with Crippen LogP contribution in [0, 0.1) is 0 Å². The molecule has 90 valence electrons. The summed E-state index contributed by atoms with van der Waals surface area (Å²) in [5, 5.41) is 14.9. The van der Waals surface area contributed by atoms with E-state index < -0.39 is 5.54 Å². The van der Waals surface area contributed by atoms with Crippen LogP contribution in [0.25, 0.3) is 0 Å². The standard InChI is InChI=1S/C11H24N2O2/c1-5-6-9(2)13-10(15)7-12-11(3,4)8-14/h9,12,14H,5-8H2,1-4H3,(H,13,15). The second-order valence-corrected chi connectivity index (χ2v) is 4.65. The highest BCUT2D eigenvalue weighted by Gasteiger charge is 2.17. The maximum atomic E-state index is 11.4. The van der Waals surface area contributed by atoms with Crippen molar-refractivity contribution in [1.82, 2.24) is 10.6 Å². The lowest BCUT2D eigenvalue weighted by Gasteiger charge is -2.23. The van der Waals surface area contributed by atoms with Crippen LogP contribution in [0.2, 0.25) is 0 Å². The molecule has 3 N–H and O–H groups in total. The third-order valence-electron chi connectivity index (χ3n) is 2.25. The number of amides is 1. The number of hydrogen-bond acceptors (Lipinski definition) is 3. The second kappa shape index (κ2) is 6.80. The molecule has 0 saturated carbocycles. The van der Waals surface area contributed by atoms with E-state index in [9.17, 15) is 4.79 Å². The van der Waals surface area contributed by atoms with Gasteiger partial charge in [0.25, 0.3) is 0 Å². The van der Waals surface area contributed by atoms with E-state index in [2.05, 4.69) is 17.6 Å². The van der Waals surface area contributed by atoms with E-state index in [1.165, 1.54) is 0 Å². The number of aliphatic hydroxyl groups is 1. The fraction of sp³-hybridized carbons (Fsp3) is 0.909. The van der Waals surface area contributed by atoms with Gasteiger partial charge in [-0.2, -0.15) is 0 Å². The Bertz CT molecular complexity index is 193. The summed E-state index contributed by atoms with van der Waals surface area (Å²) in [4.78, 5) is 11.4. The third kappa shape index (κ3) is 7.33. The van der Waals surface area contributed by atoms with Gasteiger partial charge in [0.15, 0.2) is 0 Å². The third-order valence-corrected chi connectivity index (χ3v) is 2.25. The molecular weight excluding hydrogens is 192 g/mol. The second-order valence-electron chi connectivity index (χ2n) is 4.65. The topological polar surface area (TPSA) is 61.4 Å². The molecule has 0 aliphatic rings. The first-order chi connectivity index (χ1) is 6.91. The Morgan fingerprint density at radius 3 is 2.53 bits per heavy atom. The minimum atomic E-state index is -0.397. The highest BCUT2D eigenvalue weighted by atomic mass is 16.3. The zero-order chi connectivity index (χ0) is 11.9. The van der Waals surface area contributed by atoms with Gasteiger partial charge in [-0.3, -0.25) is 4.79 Å². The van der Waals surface area contributed by atoms with Gasteiger partial charge in [0.2, 0.25) is 5.91 Å². The monoisotopic (exact) mass is 216 g/mol. The Morgan fingerprint density at radius 2 is 2.07 bits per heavy atom. The van der Waals surface area contributed by atoms with Gasteiger partial charge in [0.1, 0.15) is 0 Å². The van der Waals surface area contributed by atoms with Crippen molar-refractivity contribution in [1.29, 1.82) is 0 Å². The van der Waals surface area contributed by atoms with E-state index in [0.29, 0.717) is 0 Å². The van der Waals surface area contributed by atoms with Crippen LogP contribution >= 0.6 is 0 Å². The molecule has 0 spiro atoms. The van der Waals surface area contributed by atoms with Gasteiger partial charge in [-0.15, -0.1) is 0 Å². The Morgan fingerprint density at radius 1 is 1.47 bits per heavy atom. The molecule has 1 atom stereocenters. The van der Waals surface area contributed by atoms with E-state index in [-0.39, 0.29) is 25.1 Å². The van der Waals surface area contributed by atoms with E-state index in [4.69, 9.17) is 5.11 Å². The van der Waals surface area contributed by atoms with Crippen LogP contribution in [0.4, 0.5) is 0 Å². The van der Waals surface area contributed by atoms with Crippen molar-refractivity contribution < 1.29 is 9.90 Å². The zero-order valence-electron chi connectivity index (χ0n) is 10.3. The van der Waals surface area contributed by atoms with Gasteiger partial charge in [-0.1, -0.05) is 13.3 Å². The first-order valence-corrected chi connectivity index (χ1v) is 5.56. The van der Waals surface area contributed by atoms with Crippen LogP contribution in [0.5, 0.6) is 0 Å². The molecule has 0 aromatic carbocycles. The summed E-state index contributed by atoms with van der Waals surface area (Å²) < 4.78 is 0. The molecule has 0 rings (SSSR count). The van der Waals surface area contributed by atoms with E-state index in [1.54, 1.807) is 0 Å². The van der Waals surface area contributed by atoms with Crippen molar-refractivity contribution in [3.8, 4) is 0 Å². The summed E-state index contributed by atoms with van der Waals surface area (Å²) in [6.45, 7) is 8.08. The van der Waals surface area contributed by atoms with Crippen molar-refractivity contribution in [2.45, 2.75) is 52.1 Å². The van der Waals surface area contributed by atoms with Crippen LogP contribution in [-0.4, -0.2) is 35.7 Å². The molecule has 0 heterocycles. The van der Waals surface area contributed by atoms with Crippen LogP contribution in [0.15, 0.2) is 0 Å². The number of aliphatic hydroxyl groups excluding tert-OH is 1. The number of hydrogen-bond donors (Lipinski definition) is 3. The molecule has 0 aromatic rings. The van der Waals surface area contributed by atoms with Crippen LogP contribution in [-0.2, 0) is 4.79 Å². The predicted molar refractivity (Wildman–Crippen MR) is 61.7 cm³/mol. The first kappa shape index (κ1) is 14.4. The minimum Gasteiger partial charge on any atom is -0.394 e. The average Bonchev–Trinajstić information content (AvgIpc) is 2.15. The Kier molecular flexibility index (Phi) is 6.52. The quantitative estimate of drug-likeness (QED) is 0.585. The highest BCUT2D eigenvalue weighted by Crippen LogP contribution is 1.98. The smallest absolute Gasteiger partial charge is 0.234 e. The molecule has 4 nitrogen and oxygen atoms in total. The first-order valence-electron chi connectivity index (χ1n) is 5.56. The number of carbonyl (C=O) groups is 1. The van der Waals surface area contributed by atoms with Gasteiger partial charge in [0, 0.05) is 11.6 Å². The predicted octanol–water partition coefficient (Wildman–Crippen LogP) is 0.652. The van der Waals surface area contributed by atoms with E-state index >= 15 is 0 Å². The normalized spacial score (nSPS) is 13.7. The van der Waals surface area contributed by atoms with Crippen molar-refractivity contribution in [3.05, 3.63) is 0 Å². The lowest BCUT2D eigenvalue weighted by Crippen LogP contribution is -2.48. The molecule has 15 heavy (non-hydrogen) atoms. The summed E-state index contributed by atoms with van der Waals surface area (Å²) in [5.74, 6) is -0.0162.